The van der Waals surface area contributed by atoms with Crippen LogP contribution in [0.15, 0.2) is 18.2 Å². The first-order valence-corrected chi connectivity index (χ1v) is 7.23. The number of carbonyl (C=O) groups excluding carboxylic acids is 2. The van der Waals surface area contributed by atoms with Crippen LogP contribution >= 0.6 is 11.6 Å². The van der Waals surface area contributed by atoms with Crippen LogP contribution in [0.3, 0.4) is 0 Å². The third-order valence-electron chi connectivity index (χ3n) is 2.86. The molecule has 0 bridgehead atoms. The number of nitrogens with zero attached hydrogens (tertiary/aromatic N) is 1. The molecule has 1 amide bonds. The van der Waals surface area contributed by atoms with Crippen molar-refractivity contribution in [3.05, 3.63) is 34.6 Å². The van der Waals surface area contributed by atoms with Gasteiger partial charge in [0.05, 0.1) is 13.0 Å². The van der Waals surface area contributed by atoms with Gasteiger partial charge in [-0.3, -0.25) is 9.59 Å². The van der Waals surface area contributed by atoms with Gasteiger partial charge in [0.2, 0.25) is 5.91 Å². The number of halogens is 2. The Kier molecular flexibility index (Phi) is 7.15. The van der Waals surface area contributed by atoms with E-state index in [1.165, 1.54) is 23.1 Å². The summed E-state index contributed by atoms with van der Waals surface area (Å²) in [6.45, 7) is 4.12. The van der Waals surface area contributed by atoms with E-state index in [9.17, 15) is 14.0 Å². The normalized spacial score (nSPS) is 10.3. The standard InChI is InChI=1S/C15H19ClFNO3/c1-3-8-18(10-15(20)21-4-2)14(19)9-11-12(16)6-5-7-13(11)17/h5-7H,3-4,8-10H2,1-2H3. The molecule has 0 aliphatic heterocycles. The van der Waals surface area contributed by atoms with Gasteiger partial charge in [0, 0.05) is 17.1 Å². The monoisotopic (exact) mass is 315 g/mol. The molecule has 0 aliphatic carbocycles. The van der Waals surface area contributed by atoms with Gasteiger partial charge in [0.15, 0.2) is 0 Å². The first-order chi connectivity index (χ1) is 9.99. The molecule has 116 valence electrons. The summed E-state index contributed by atoms with van der Waals surface area (Å²) in [6, 6.07) is 4.26. The number of rotatable bonds is 7. The van der Waals surface area contributed by atoms with Crippen molar-refractivity contribution in [3.8, 4) is 0 Å². The second-order valence-electron chi connectivity index (χ2n) is 4.50. The van der Waals surface area contributed by atoms with Crippen molar-refractivity contribution >= 4 is 23.5 Å². The highest BCUT2D eigenvalue weighted by Crippen LogP contribution is 2.20. The van der Waals surface area contributed by atoms with Crippen molar-refractivity contribution in [2.75, 3.05) is 19.7 Å². The number of esters is 1. The number of amides is 1. The second-order valence-corrected chi connectivity index (χ2v) is 4.90. The predicted molar refractivity (Wildman–Crippen MR) is 78.6 cm³/mol. The van der Waals surface area contributed by atoms with Gasteiger partial charge in [0.25, 0.3) is 0 Å². The molecule has 0 atom stereocenters. The zero-order valence-corrected chi connectivity index (χ0v) is 13.0. The largest absolute Gasteiger partial charge is 0.465 e. The molecule has 0 aliphatic rings. The molecule has 4 nitrogen and oxygen atoms in total. The summed E-state index contributed by atoms with van der Waals surface area (Å²) in [7, 11) is 0. The van der Waals surface area contributed by atoms with Crippen LogP contribution in [-0.2, 0) is 20.7 Å². The number of hydrogen-bond donors (Lipinski definition) is 0. The molecule has 0 N–H and O–H groups in total. The highest BCUT2D eigenvalue weighted by atomic mass is 35.5. The Labute approximate surface area is 128 Å². The molecule has 1 aromatic rings. The van der Waals surface area contributed by atoms with Crippen molar-refractivity contribution in [1.29, 1.82) is 0 Å². The van der Waals surface area contributed by atoms with E-state index in [1.807, 2.05) is 6.92 Å². The number of benzene rings is 1. The molecule has 0 radical (unpaired) electrons. The van der Waals surface area contributed by atoms with Crippen LogP contribution in [0.4, 0.5) is 4.39 Å². The van der Waals surface area contributed by atoms with E-state index in [1.54, 1.807) is 6.92 Å². The van der Waals surface area contributed by atoms with Crippen molar-refractivity contribution < 1.29 is 18.7 Å². The summed E-state index contributed by atoms with van der Waals surface area (Å²) in [4.78, 5) is 25.1. The molecule has 0 saturated heterocycles. The third kappa shape index (κ3) is 5.34. The summed E-state index contributed by atoms with van der Waals surface area (Å²) in [5.74, 6) is -1.35. The second kappa shape index (κ2) is 8.62. The number of ether oxygens (including phenoxy) is 1. The van der Waals surface area contributed by atoms with Crippen molar-refractivity contribution in [2.24, 2.45) is 0 Å². The first kappa shape index (κ1) is 17.4. The maximum atomic E-state index is 13.7. The van der Waals surface area contributed by atoms with Crippen LogP contribution in [0.5, 0.6) is 0 Å². The van der Waals surface area contributed by atoms with E-state index in [-0.39, 0.29) is 36.1 Å². The maximum absolute atomic E-state index is 13.7. The fraction of sp³-hybridized carbons (Fsp3) is 0.467. The zero-order valence-electron chi connectivity index (χ0n) is 12.2. The van der Waals surface area contributed by atoms with Crippen molar-refractivity contribution in [1.82, 2.24) is 4.90 Å². The van der Waals surface area contributed by atoms with Crippen LogP contribution in [0, 0.1) is 5.82 Å². The lowest BCUT2D eigenvalue weighted by Crippen LogP contribution is -2.38. The summed E-state index contributed by atoms with van der Waals surface area (Å²) >= 11 is 5.91. The molecule has 6 heteroatoms. The lowest BCUT2D eigenvalue weighted by atomic mass is 10.1. The predicted octanol–water partition coefficient (Wildman–Crippen LogP) is 2.82. The van der Waals surface area contributed by atoms with E-state index in [4.69, 9.17) is 16.3 Å². The molecule has 1 aromatic carbocycles. The Morgan fingerprint density at radius 3 is 2.62 bits per heavy atom. The minimum atomic E-state index is -0.525. The summed E-state index contributed by atoms with van der Waals surface area (Å²) in [5, 5.41) is 0.205. The molecule has 0 fully saturated rings. The zero-order chi connectivity index (χ0) is 15.8. The highest BCUT2D eigenvalue weighted by molar-refractivity contribution is 6.31. The molecule has 21 heavy (non-hydrogen) atoms. The fourth-order valence-electron chi connectivity index (χ4n) is 1.89. The molecule has 1 rings (SSSR count). The van der Waals surface area contributed by atoms with Gasteiger partial charge < -0.3 is 9.64 Å². The van der Waals surface area contributed by atoms with Crippen LogP contribution < -0.4 is 0 Å². The van der Waals surface area contributed by atoms with E-state index in [2.05, 4.69) is 0 Å². The number of carbonyl (C=O) groups is 2. The average Bonchev–Trinajstić information content (AvgIpc) is 2.42. The Morgan fingerprint density at radius 2 is 2.05 bits per heavy atom. The van der Waals surface area contributed by atoms with Gasteiger partial charge in [-0.2, -0.15) is 0 Å². The topological polar surface area (TPSA) is 46.6 Å². The molecule has 0 aromatic heterocycles. The Bertz CT molecular complexity index is 487. The third-order valence-corrected chi connectivity index (χ3v) is 3.22. The van der Waals surface area contributed by atoms with E-state index < -0.39 is 11.8 Å². The highest BCUT2D eigenvalue weighted by Gasteiger charge is 2.20. The lowest BCUT2D eigenvalue weighted by molar-refractivity contribution is -0.148. The quantitative estimate of drug-likeness (QED) is 0.727. The Hall–Kier alpha value is -1.62. The van der Waals surface area contributed by atoms with Crippen molar-refractivity contribution in [3.63, 3.8) is 0 Å². The molecular weight excluding hydrogens is 297 g/mol. The summed E-state index contributed by atoms with van der Waals surface area (Å²) < 4.78 is 18.5. The SMILES string of the molecule is CCCN(CC(=O)OCC)C(=O)Cc1c(F)cccc1Cl. The van der Waals surface area contributed by atoms with Crippen LogP contribution in [0.1, 0.15) is 25.8 Å². The minimum Gasteiger partial charge on any atom is -0.465 e. The lowest BCUT2D eigenvalue weighted by Gasteiger charge is -2.21. The number of hydrogen-bond acceptors (Lipinski definition) is 3. The van der Waals surface area contributed by atoms with Crippen molar-refractivity contribution in [2.45, 2.75) is 26.7 Å². The summed E-state index contributed by atoms with van der Waals surface area (Å²) in [5.41, 5.74) is 0.147. The maximum Gasteiger partial charge on any atom is 0.325 e. The summed E-state index contributed by atoms with van der Waals surface area (Å²) in [6.07, 6.45) is 0.515. The first-order valence-electron chi connectivity index (χ1n) is 6.85. The van der Waals surface area contributed by atoms with E-state index in [0.717, 1.165) is 0 Å². The van der Waals surface area contributed by atoms with E-state index in [0.29, 0.717) is 13.0 Å². The molecule has 0 spiro atoms. The fourth-order valence-corrected chi connectivity index (χ4v) is 2.12. The van der Waals surface area contributed by atoms with Gasteiger partial charge in [0.1, 0.15) is 12.4 Å². The van der Waals surface area contributed by atoms with Crippen LogP contribution in [-0.4, -0.2) is 36.5 Å². The molecule has 0 saturated carbocycles. The Balaban J connectivity index is 2.79. The Morgan fingerprint density at radius 1 is 1.33 bits per heavy atom. The van der Waals surface area contributed by atoms with Gasteiger partial charge in [-0.05, 0) is 25.5 Å². The van der Waals surface area contributed by atoms with Crippen LogP contribution in [0.25, 0.3) is 0 Å². The average molecular weight is 316 g/mol. The van der Waals surface area contributed by atoms with Gasteiger partial charge in [-0.25, -0.2) is 4.39 Å². The smallest absolute Gasteiger partial charge is 0.325 e. The molecule has 0 heterocycles. The van der Waals surface area contributed by atoms with Crippen LogP contribution in [0.2, 0.25) is 5.02 Å². The molecular formula is C15H19ClFNO3. The van der Waals surface area contributed by atoms with Gasteiger partial charge in [-0.15, -0.1) is 0 Å². The van der Waals surface area contributed by atoms with E-state index >= 15 is 0 Å². The molecule has 0 unspecified atom stereocenters. The van der Waals surface area contributed by atoms with Gasteiger partial charge in [-0.1, -0.05) is 24.6 Å². The van der Waals surface area contributed by atoms with Gasteiger partial charge >= 0.3 is 5.97 Å². The minimum absolute atomic E-state index is 0.132.